The van der Waals surface area contributed by atoms with E-state index in [1.807, 2.05) is 0 Å². The van der Waals surface area contributed by atoms with Crippen molar-refractivity contribution in [3.63, 3.8) is 0 Å². The molecule has 10 atom stereocenters. The summed E-state index contributed by atoms with van der Waals surface area (Å²) in [6.07, 6.45) is -4.88. The molecule has 0 saturated carbocycles. The molecule has 0 aliphatic carbocycles. The standard InChI is InChI=1S/C21H29N7O14P2.Na.H/c22-17-12-19(25-7-24-17)28(8-26-12)21-16(32)14(30)11(41-21)6-39-44(36,37)42-43(34,35)38-5-10-13(29)15(31)20(40-10)27-3-1-2-9(4-27)18(23)33;;/h1,3-4,7-8,10-11,13-16,20-21,29-32H,2,5-6H2,(H2,23,33)(H,34,35)(H,36,37)(H2,22,24,25);;/t10-,11-,13-,14-,15-,16-,20-,21-;;/m1../s1. The first-order valence-corrected chi connectivity index (χ1v) is 15.7. The van der Waals surface area contributed by atoms with Gasteiger partial charge in [0.1, 0.15) is 48.5 Å². The third-order valence-corrected chi connectivity index (χ3v) is 9.48. The van der Waals surface area contributed by atoms with Crippen molar-refractivity contribution < 1.29 is 67.0 Å². The second kappa shape index (κ2) is 14.1. The van der Waals surface area contributed by atoms with Crippen LogP contribution in [0.15, 0.2) is 36.7 Å². The zero-order valence-corrected chi connectivity index (χ0v) is 24.2. The van der Waals surface area contributed by atoms with Crippen molar-refractivity contribution >= 4 is 68.1 Å². The van der Waals surface area contributed by atoms with Crippen LogP contribution >= 0.6 is 15.6 Å². The van der Waals surface area contributed by atoms with E-state index in [2.05, 4.69) is 19.3 Å². The van der Waals surface area contributed by atoms with Crippen molar-refractivity contribution in [2.45, 2.75) is 55.5 Å². The number of aromatic nitrogens is 4. The quantitative estimate of drug-likeness (QED) is 0.0844. The Morgan fingerprint density at radius 2 is 1.53 bits per heavy atom. The van der Waals surface area contributed by atoms with Gasteiger partial charge in [0.25, 0.3) is 0 Å². The number of phosphoric ester groups is 2. The fourth-order valence-corrected chi connectivity index (χ4v) is 6.77. The number of hydrogen-bond acceptors (Lipinski definition) is 17. The molecule has 5 heterocycles. The summed E-state index contributed by atoms with van der Waals surface area (Å²) in [7, 11) is -10.7. The normalized spacial score (nSPS) is 32.6. The van der Waals surface area contributed by atoms with Gasteiger partial charge in [-0.25, -0.2) is 24.1 Å². The van der Waals surface area contributed by atoms with Crippen LogP contribution in [-0.2, 0) is 36.8 Å². The van der Waals surface area contributed by atoms with Gasteiger partial charge in [-0.05, 0) is 6.42 Å². The number of primary amides is 1. The molecule has 5 rings (SSSR count). The number of carbonyl (C=O) groups is 1. The van der Waals surface area contributed by atoms with Crippen LogP contribution in [0.3, 0.4) is 0 Å². The summed E-state index contributed by atoms with van der Waals surface area (Å²) in [5, 5.41) is 41.6. The number of nitrogens with two attached hydrogens (primary N) is 2. The number of hydrogen-bond donors (Lipinski definition) is 8. The van der Waals surface area contributed by atoms with Gasteiger partial charge in [0, 0.05) is 18.0 Å². The van der Waals surface area contributed by atoms with Crippen LogP contribution < -0.4 is 11.5 Å². The first-order valence-electron chi connectivity index (χ1n) is 12.7. The van der Waals surface area contributed by atoms with Gasteiger partial charge in [-0.2, -0.15) is 4.31 Å². The van der Waals surface area contributed by atoms with Crippen LogP contribution in [0.1, 0.15) is 12.6 Å². The van der Waals surface area contributed by atoms with Gasteiger partial charge in [-0.1, -0.05) is 6.08 Å². The van der Waals surface area contributed by atoms with E-state index in [4.69, 9.17) is 30.0 Å². The number of fused-ring (bicyclic) bond motifs is 1. The summed E-state index contributed by atoms with van der Waals surface area (Å²) in [5.41, 5.74) is 11.6. The molecule has 2 unspecified atom stereocenters. The second-order valence-electron chi connectivity index (χ2n) is 9.84. The van der Waals surface area contributed by atoms with Gasteiger partial charge in [-0.3, -0.25) is 18.4 Å². The number of anilines is 1. The second-order valence-corrected chi connectivity index (χ2v) is 12.9. The summed E-state index contributed by atoms with van der Waals surface area (Å²) in [5.74, 6) is -0.658. The summed E-state index contributed by atoms with van der Waals surface area (Å²) in [6.45, 7) is -1.79. The molecule has 244 valence electrons. The Bertz CT molecular complexity index is 1560. The molecule has 2 saturated heterocycles. The summed E-state index contributed by atoms with van der Waals surface area (Å²) < 4.78 is 50.8. The minimum absolute atomic E-state index is 0. The number of aliphatic hydroxyl groups is 4. The molecule has 3 aliphatic heterocycles. The molecule has 0 radical (unpaired) electrons. The topological polar surface area (TPSA) is 318 Å². The molecular weight excluding hydrogens is 659 g/mol. The molecule has 21 nitrogen and oxygen atoms in total. The van der Waals surface area contributed by atoms with Crippen molar-refractivity contribution in [2.24, 2.45) is 5.73 Å². The number of rotatable bonds is 11. The predicted molar refractivity (Wildman–Crippen MR) is 149 cm³/mol. The third kappa shape index (κ3) is 7.82. The van der Waals surface area contributed by atoms with E-state index in [1.165, 1.54) is 28.2 Å². The molecule has 3 aliphatic rings. The van der Waals surface area contributed by atoms with Crippen LogP contribution in [0.5, 0.6) is 0 Å². The SMILES string of the molecule is NC(=O)C1=CN([C@@H]2O[C@H](COP(=O)(O)OP(=O)(O)OC[C@H]3O[C@@H](n4cnc5c(N)ncnc54)[C@H](O)[C@@H]3O)[C@@H](O)[C@H]2O)C=CC1.[NaH]. The average molecular weight is 689 g/mol. The van der Waals surface area contributed by atoms with Crippen LogP contribution in [0.2, 0.25) is 0 Å². The predicted octanol–water partition coefficient (Wildman–Crippen LogP) is -3.33. The van der Waals surface area contributed by atoms with Gasteiger partial charge in [0.15, 0.2) is 23.9 Å². The van der Waals surface area contributed by atoms with Crippen molar-refractivity contribution in [3.8, 4) is 0 Å². The molecule has 0 spiro atoms. The maximum absolute atomic E-state index is 12.4. The van der Waals surface area contributed by atoms with Gasteiger partial charge in [0.05, 0.1) is 19.5 Å². The van der Waals surface area contributed by atoms with Gasteiger partial charge in [-0.15, -0.1) is 0 Å². The average Bonchev–Trinajstić information content (AvgIpc) is 3.61. The number of imidazole rings is 1. The molecule has 10 N–H and O–H groups in total. The fourth-order valence-electron chi connectivity index (χ4n) is 4.68. The van der Waals surface area contributed by atoms with Crippen LogP contribution in [0, 0.1) is 0 Å². The zero-order chi connectivity index (χ0) is 32.0. The maximum atomic E-state index is 12.4. The van der Waals surface area contributed by atoms with E-state index in [0.29, 0.717) is 0 Å². The Labute approximate surface area is 275 Å². The number of carbonyl (C=O) groups excluding carboxylic acids is 1. The van der Waals surface area contributed by atoms with Crippen LogP contribution in [0.4, 0.5) is 5.82 Å². The Morgan fingerprint density at radius 3 is 2.13 bits per heavy atom. The number of allylic oxidation sites excluding steroid dienone is 1. The molecule has 0 aromatic carbocycles. The van der Waals surface area contributed by atoms with Crippen LogP contribution in [-0.4, -0.2) is 146 Å². The van der Waals surface area contributed by atoms with Crippen molar-refractivity contribution in [2.75, 3.05) is 18.9 Å². The Balaban J connectivity index is 0.00000461. The number of nitrogen functional groups attached to an aromatic ring is 1. The zero-order valence-electron chi connectivity index (χ0n) is 22.4. The third-order valence-electron chi connectivity index (χ3n) is 6.88. The summed E-state index contributed by atoms with van der Waals surface area (Å²) in [4.78, 5) is 44.6. The van der Waals surface area contributed by atoms with Crippen molar-refractivity contribution in [1.29, 1.82) is 0 Å². The number of phosphoric acid groups is 2. The molecular formula is C21H30N7NaO14P2. The molecule has 2 aromatic heterocycles. The van der Waals surface area contributed by atoms with Crippen molar-refractivity contribution in [3.05, 3.63) is 36.7 Å². The Morgan fingerprint density at radius 1 is 0.956 bits per heavy atom. The van der Waals surface area contributed by atoms with E-state index in [1.54, 1.807) is 6.08 Å². The molecule has 0 bridgehead atoms. The number of amides is 1. The number of ether oxygens (including phenoxy) is 2. The number of nitrogens with zero attached hydrogens (tertiary/aromatic N) is 5. The summed E-state index contributed by atoms with van der Waals surface area (Å²) >= 11 is 0. The first kappa shape index (κ1) is 36.0. The van der Waals surface area contributed by atoms with E-state index in [9.17, 15) is 44.1 Å². The molecule has 2 aromatic rings. The van der Waals surface area contributed by atoms with Gasteiger partial charge < -0.3 is 56.1 Å². The molecule has 1 amide bonds. The van der Waals surface area contributed by atoms with E-state index >= 15 is 0 Å². The molecule has 24 heteroatoms. The number of aliphatic hydroxyl groups excluding tert-OH is 4. The van der Waals surface area contributed by atoms with E-state index in [-0.39, 0.29) is 58.5 Å². The summed E-state index contributed by atoms with van der Waals surface area (Å²) in [6, 6.07) is 0. The van der Waals surface area contributed by atoms with Crippen molar-refractivity contribution in [1.82, 2.24) is 24.4 Å². The van der Waals surface area contributed by atoms with E-state index < -0.39 is 83.8 Å². The first-order chi connectivity index (χ1) is 20.7. The minimum atomic E-state index is -5.37. The van der Waals surface area contributed by atoms with E-state index in [0.717, 1.165) is 6.33 Å². The fraction of sp³-hybridized carbons (Fsp3) is 0.524. The molecule has 45 heavy (non-hydrogen) atoms. The monoisotopic (exact) mass is 689 g/mol. The Hall–Kier alpha value is -1.88. The van der Waals surface area contributed by atoms with Gasteiger partial charge in [0.2, 0.25) is 5.91 Å². The van der Waals surface area contributed by atoms with Crippen LogP contribution in [0.25, 0.3) is 11.2 Å². The molecule has 2 fully saturated rings. The van der Waals surface area contributed by atoms with Gasteiger partial charge >= 0.3 is 45.2 Å². The Kier molecular flexibility index (Phi) is 11.3.